The van der Waals surface area contributed by atoms with E-state index in [0.717, 1.165) is 18.8 Å². The Labute approximate surface area is 173 Å². The molecule has 4 heteroatoms. The van der Waals surface area contributed by atoms with Gasteiger partial charge < -0.3 is 10.2 Å². The van der Waals surface area contributed by atoms with Crippen molar-refractivity contribution in [2.24, 2.45) is 11.8 Å². The Morgan fingerprint density at radius 1 is 0.571 bits per heavy atom. The van der Waals surface area contributed by atoms with Crippen molar-refractivity contribution in [3.63, 3.8) is 0 Å². The number of carboxylic acids is 2. The van der Waals surface area contributed by atoms with Gasteiger partial charge in [0.1, 0.15) is 0 Å². The summed E-state index contributed by atoms with van der Waals surface area (Å²) in [5, 5.41) is 17.9. The van der Waals surface area contributed by atoms with E-state index in [9.17, 15) is 14.7 Å². The molecule has 1 unspecified atom stereocenters. The van der Waals surface area contributed by atoms with Crippen LogP contribution in [0.2, 0.25) is 0 Å². The smallest absolute Gasteiger partial charge is 0.306 e. The topological polar surface area (TPSA) is 74.6 Å². The average molecular weight is 399 g/mol. The van der Waals surface area contributed by atoms with Gasteiger partial charge in [0.25, 0.3) is 0 Å². The molecule has 0 spiro atoms. The third kappa shape index (κ3) is 19.7. The van der Waals surface area contributed by atoms with E-state index in [0.29, 0.717) is 19.3 Å². The summed E-state index contributed by atoms with van der Waals surface area (Å²) >= 11 is 0. The fourth-order valence-corrected chi connectivity index (χ4v) is 3.78. The maximum Gasteiger partial charge on any atom is 0.306 e. The summed E-state index contributed by atoms with van der Waals surface area (Å²) in [7, 11) is 0. The maximum absolute atomic E-state index is 11.2. The first-order valence-corrected chi connectivity index (χ1v) is 11.9. The minimum atomic E-state index is -0.842. The van der Waals surface area contributed by atoms with Crippen LogP contribution in [0.15, 0.2) is 0 Å². The molecule has 1 atom stereocenters. The van der Waals surface area contributed by atoms with E-state index in [1.807, 2.05) is 0 Å². The van der Waals surface area contributed by atoms with Crippen LogP contribution in [-0.2, 0) is 9.59 Å². The molecule has 4 nitrogen and oxygen atoms in total. The lowest BCUT2D eigenvalue weighted by Gasteiger charge is -2.11. The second kappa shape index (κ2) is 19.3. The van der Waals surface area contributed by atoms with Crippen LogP contribution in [0, 0.1) is 11.8 Å². The van der Waals surface area contributed by atoms with Crippen LogP contribution >= 0.6 is 0 Å². The normalized spacial score (nSPS) is 12.4. The van der Waals surface area contributed by atoms with Gasteiger partial charge in [-0.15, -0.1) is 0 Å². The van der Waals surface area contributed by atoms with Gasteiger partial charge in [0.15, 0.2) is 0 Å². The van der Waals surface area contributed by atoms with Gasteiger partial charge in [-0.1, -0.05) is 104 Å². The quantitative estimate of drug-likeness (QED) is 0.197. The highest BCUT2D eigenvalue weighted by molar-refractivity contribution is 5.70. The molecule has 0 bridgehead atoms. The van der Waals surface area contributed by atoms with E-state index >= 15 is 0 Å². The van der Waals surface area contributed by atoms with Crippen LogP contribution in [0.4, 0.5) is 0 Å². The first kappa shape index (κ1) is 26.9. The lowest BCUT2D eigenvalue weighted by Crippen LogP contribution is -2.14. The molecule has 0 aliphatic rings. The van der Waals surface area contributed by atoms with Crippen molar-refractivity contribution < 1.29 is 19.8 Å². The summed E-state index contributed by atoms with van der Waals surface area (Å²) in [5.74, 6) is -1.14. The Hall–Kier alpha value is -1.06. The Morgan fingerprint density at radius 3 is 1.29 bits per heavy atom. The predicted molar refractivity (Wildman–Crippen MR) is 117 cm³/mol. The fraction of sp³-hybridized carbons (Fsp3) is 0.917. The summed E-state index contributed by atoms with van der Waals surface area (Å²) in [4.78, 5) is 21.7. The standard InChI is InChI=1S/C24H46O4/c1-21(2)17-14-12-10-8-6-4-3-5-7-9-11-13-15-18-22(24(27)28)19-16-20-23(25)26/h21-22H,3-20H2,1-2H3,(H,25,26)(H,27,28). The fourth-order valence-electron chi connectivity index (χ4n) is 3.78. The summed E-state index contributed by atoms with van der Waals surface area (Å²) in [6, 6.07) is 0. The summed E-state index contributed by atoms with van der Waals surface area (Å²) in [5.41, 5.74) is 0. The molecule has 166 valence electrons. The largest absolute Gasteiger partial charge is 0.481 e. The highest BCUT2D eigenvalue weighted by Gasteiger charge is 2.16. The lowest BCUT2D eigenvalue weighted by molar-refractivity contribution is -0.143. The predicted octanol–water partition coefficient (Wildman–Crippen LogP) is 7.45. The van der Waals surface area contributed by atoms with Gasteiger partial charge in [-0.3, -0.25) is 9.59 Å². The van der Waals surface area contributed by atoms with E-state index < -0.39 is 11.9 Å². The van der Waals surface area contributed by atoms with Crippen molar-refractivity contribution in [3.8, 4) is 0 Å². The molecular weight excluding hydrogens is 352 g/mol. The molecule has 0 saturated carbocycles. The first-order valence-electron chi connectivity index (χ1n) is 11.9. The second-order valence-electron chi connectivity index (χ2n) is 8.89. The molecule has 0 saturated heterocycles. The van der Waals surface area contributed by atoms with Gasteiger partial charge in [0, 0.05) is 6.42 Å². The molecule has 0 rings (SSSR count). The summed E-state index contributed by atoms with van der Waals surface area (Å²) < 4.78 is 0. The number of rotatable bonds is 21. The molecule has 0 heterocycles. The second-order valence-corrected chi connectivity index (χ2v) is 8.89. The van der Waals surface area contributed by atoms with Crippen molar-refractivity contribution in [2.75, 3.05) is 0 Å². The van der Waals surface area contributed by atoms with Gasteiger partial charge in [0.05, 0.1) is 5.92 Å². The minimum absolute atomic E-state index is 0.0713. The van der Waals surface area contributed by atoms with Gasteiger partial charge >= 0.3 is 11.9 Å². The van der Waals surface area contributed by atoms with Crippen LogP contribution in [0.5, 0.6) is 0 Å². The SMILES string of the molecule is CC(C)CCCCCCCCCCCCCCCC(CCCC(=O)O)C(=O)O. The first-order chi connectivity index (χ1) is 13.4. The Balaban J connectivity index is 3.35. The molecule has 0 aromatic carbocycles. The maximum atomic E-state index is 11.2. The molecule has 2 N–H and O–H groups in total. The molecular formula is C24H46O4. The zero-order valence-corrected chi connectivity index (χ0v) is 18.6. The Morgan fingerprint density at radius 2 is 0.929 bits per heavy atom. The molecule has 0 radical (unpaired) electrons. The van der Waals surface area contributed by atoms with E-state index in [1.165, 1.54) is 77.0 Å². The minimum Gasteiger partial charge on any atom is -0.481 e. The molecule has 0 aliphatic carbocycles. The highest BCUT2D eigenvalue weighted by Crippen LogP contribution is 2.19. The number of carbonyl (C=O) groups is 2. The zero-order valence-electron chi connectivity index (χ0n) is 18.6. The summed E-state index contributed by atoms with van der Waals surface area (Å²) in [6.45, 7) is 4.61. The molecule has 0 aliphatic heterocycles. The monoisotopic (exact) mass is 398 g/mol. The number of hydrogen-bond acceptors (Lipinski definition) is 2. The van der Waals surface area contributed by atoms with Crippen LogP contribution in [0.3, 0.4) is 0 Å². The highest BCUT2D eigenvalue weighted by atomic mass is 16.4. The molecule has 0 aromatic rings. The average Bonchev–Trinajstić information content (AvgIpc) is 2.62. The number of unbranched alkanes of at least 4 members (excludes halogenated alkanes) is 12. The van der Waals surface area contributed by atoms with Crippen LogP contribution < -0.4 is 0 Å². The van der Waals surface area contributed by atoms with Gasteiger partial charge in [0.2, 0.25) is 0 Å². The van der Waals surface area contributed by atoms with Crippen molar-refractivity contribution >= 4 is 11.9 Å². The Bertz CT molecular complexity index is 379. The molecule has 0 amide bonds. The number of aliphatic carboxylic acids is 2. The number of hydrogen-bond donors (Lipinski definition) is 2. The van der Waals surface area contributed by atoms with Gasteiger partial charge in [-0.05, 0) is 25.2 Å². The van der Waals surface area contributed by atoms with Crippen LogP contribution in [-0.4, -0.2) is 22.2 Å². The third-order valence-corrected chi connectivity index (χ3v) is 5.63. The third-order valence-electron chi connectivity index (χ3n) is 5.63. The van der Waals surface area contributed by atoms with Crippen LogP contribution in [0.1, 0.15) is 129 Å². The summed E-state index contributed by atoms with van der Waals surface area (Å²) in [6.07, 6.45) is 19.9. The van der Waals surface area contributed by atoms with Crippen molar-refractivity contribution in [3.05, 3.63) is 0 Å². The van der Waals surface area contributed by atoms with E-state index in [2.05, 4.69) is 13.8 Å². The van der Waals surface area contributed by atoms with Crippen molar-refractivity contribution in [1.82, 2.24) is 0 Å². The van der Waals surface area contributed by atoms with Crippen LogP contribution in [0.25, 0.3) is 0 Å². The molecule has 28 heavy (non-hydrogen) atoms. The lowest BCUT2D eigenvalue weighted by atomic mass is 9.95. The Kier molecular flexibility index (Phi) is 18.5. The molecule has 0 aromatic heterocycles. The molecule has 0 fully saturated rings. The zero-order chi connectivity index (χ0) is 21.0. The van der Waals surface area contributed by atoms with E-state index in [-0.39, 0.29) is 12.3 Å². The number of carboxylic acid groups (broad SMARTS) is 2. The van der Waals surface area contributed by atoms with Crippen molar-refractivity contribution in [1.29, 1.82) is 0 Å². The van der Waals surface area contributed by atoms with Crippen molar-refractivity contribution in [2.45, 2.75) is 129 Å². The van der Waals surface area contributed by atoms with E-state index in [4.69, 9.17) is 5.11 Å². The van der Waals surface area contributed by atoms with Gasteiger partial charge in [-0.2, -0.15) is 0 Å². The van der Waals surface area contributed by atoms with Gasteiger partial charge in [-0.25, -0.2) is 0 Å². The van der Waals surface area contributed by atoms with E-state index in [1.54, 1.807) is 0 Å².